The number of likely N-dealkylation sites (tertiary alicyclic amines) is 1. The van der Waals surface area contributed by atoms with Crippen molar-refractivity contribution >= 4 is 0 Å². The maximum atomic E-state index is 2.58. The van der Waals surface area contributed by atoms with Gasteiger partial charge in [0.05, 0.1) is 0 Å². The van der Waals surface area contributed by atoms with Crippen LogP contribution in [-0.4, -0.2) is 17.5 Å². The first-order valence-corrected chi connectivity index (χ1v) is 6.34. The molecule has 0 amide bonds. The zero-order valence-electron chi connectivity index (χ0n) is 10.3. The number of nitrogens with zero attached hydrogens (tertiary/aromatic N) is 1. The Hall–Kier alpha value is -0.720. The van der Waals surface area contributed by atoms with Gasteiger partial charge in [0.25, 0.3) is 0 Å². The maximum Gasteiger partial charge on any atom is 0.0357 e. The third-order valence-corrected chi connectivity index (χ3v) is 3.59. The van der Waals surface area contributed by atoms with E-state index in [1.807, 2.05) is 0 Å². The van der Waals surface area contributed by atoms with Crippen LogP contribution in [0.15, 0.2) is 23.4 Å². The largest absolute Gasteiger partial charge is 0.369 e. The van der Waals surface area contributed by atoms with Gasteiger partial charge in [-0.25, -0.2) is 0 Å². The predicted octanol–water partition coefficient (Wildman–Crippen LogP) is 3.73. The van der Waals surface area contributed by atoms with E-state index in [1.54, 1.807) is 11.3 Å². The molecule has 0 aromatic heterocycles. The summed E-state index contributed by atoms with van der Waals surface area (Å²) in [6, 6.07) is 0.647. The normalized spacial score (nSPS) is 26.9. The van der Waals surface area contributed by atoms with Crippen molar-refractivity contribution in [2.24, 2.45) is 5.92 Å². The van der Waals surface area contributed by atoms with E-state index in [4.69, 9.17) is 0 Å². The van der Waals surface area contributed by atoms with E-state index in [2.05, 4.69) is 37.8 Å². The lowest BCUT2D eigenvalue weighted by atomic mass is 9.98. The van der Waals surface area contributed by atoms with Gasteiger partial charge in [-0.15, -0.1) is 0 Å². The highest BCUT2D eigenvalue weighted by Gasteiger charge is 2.22. The van der Waals surface area contributed by atoms with Crippen LogP contribution in [0.25, 0.3) is 0 Å². The van der Waals surface area contributed by atoms with E-state index in [1.165, 1.54) is 32.2 Å². The van der Waals surface area contributed by atoms with Gasteiger partial charge in [-0.3, -0.25) is 0 Å². The van der Waals surface area contributed by atoms with Gasteiger partial charge in [0.15, 0.2) is 0 Å². The zero-order chi connectivity index (χ0) is 10.8. The van der Waals surface area contributed by atoms with E-state index in [9.17, 15) is 0 Å². The minimum Gasteiger partial charge on any atom is -0.369 e. The third kappa shape index (κ3) is 2.27. The second-order valence-corrected chi connectivity index (χ2v) is 5.29. The molecule has 0 bridgehead atoms. The van der Waals surface area contributed by atoms with E-state index >= 15 is 0 Å². The van der Waals surface area contributed by atoms with Crippen molar-refractivity contribution in [1.29, 1.82) is 0 Å². The predicted molar refractivity (Wildman–Crippen MR) is 65.6 cm³/mol. The van der Waals surface area contributed by atoms with Crippen LogP contribution < -0.4 is 0 Å². The van der Waals surface area contributed by atoms with Gasteiger partial charge in [-0.1, -0.05) is 19.1 Å². The number of hydrogen-bond acceptors (Lipinski definition) is 1. The number of hydrogen-bond donors (Lipinski definition) is 0. The van der Waals surface area contributed by atoms with E-state index in [-0.39, 0.29) is 0 Å². The van der Waals surface area contributed by atoms with Crippen molar-refractivity contribution in [3.05, 3.63) is 23.4 Å². The van der Waals surface area contributed by atoms with Gasteiger partial charge in [0.1, 0.15) is 0 Å². The Kier molecular flexibility index (Phi) is 3.18. The summed E-state index contributed by atoms with van der Waals surface area (Å²) in [6.07, 6.45) is 10.1. The molecule has 1 saturated heterocycles. The summed E-state index contributed by atoms with van der Waals surface area (Å²) in [7, 11) is 0. The second kappa shape index (κ2) is 4.42. The molecule has 1 unspecified atom stereocenters. The van der Waals surface area contributed by atoms with Crippen molar-refractivity contribution < 1.29 is 0 Å². The molecule has 84 valence electrons. The molecular weight excluding hydrogens is 182 g/mol. The Morgan fingerprint density at radius 3 is 2.73 bits per heavy atom. The number of piperidine rings is 1. The molecule has 0 aromatic rings. The molecule has 1 aliphatic carbocycles. The van der Waals surface area contributed by atoms with Crippen molar-refractivity contribution in [3.8, 4) is 0 Å². The average Bonchev–Trinajstić information content (AvgIpc) is 2.40. The van der Waals surface area contributed by atoms with Gasteiger partial charge in [0.2, 0.25) is 0 Å². The molecule has 0 saturated carbocycles. The molecule has 2 rings (SSSR count). The monoisotopic (exact) mass is 205 g/mol. The molecule has 0 radical (unpaired) electrons. The van der Waals surface area contributed by atoms with Crippen LogP contribution in [-0.2, 0) is 0 Å². The number of allylic oxidation sites excluding steroid dienone is 3. The van der Waals surface area contributed by atoms with Crippen LogP contribution in [0.5, 0.6) is 0 Å². The van der Waals surface area contributed by atoms with Gasteiger partial charge in [0, 0.05) is 18.3 Å². The zero-order valence-corrected chi connectivity index (χ0v) is 10.3. The molecule has 0 spiro atoms. The first-order chi connectivity index (χ1) is 7.18. The SMILES string of the molecule is CC1CC=C2CCCN(C(C)C)C2=CC1. The standard InChI is InChI=1S/C14H23N/c1-11(2)15-10-4-5-13-8-6-12(3)7-9-14(13)15/h8-9,11-12H,4-7,10H2,1-3H3. The average molecular weight is 205 g/mol. The van der Waals surface area contributed by atoms with Crippen LogP contribution in [0.3, 0.4) is 0 Å². The van der Waals surface area contributed by atoms with Gasteiger partial charge in [-0.05, 0) is 51.0 Å². The molecule has 15 heavy (non-hydrogen) atoms. The third-order valence-electron chi connectivity index (χ3n) is 3.59. The Bertz CT molecular complexity index is 286. The summed E-state index contributed by atoms with van der Waals surface area (Å²) in [5.41, 5.74) is 3.15. The molecular formula is C14H23N. The molecule has 1 fully saturated rings. The minimum atomic E-state index is 0.647. The molecule has 1 heterocycles. The summed E-state index contributed by atoms with van der Waals surface area (Å²) in [5.74, 6) is 0.824. The molecule has 0 aromatic carbocycles. The van der Waals surface area contributed by atoms with Crippen molar-refractivity contribution in [2.45, 2.75) is 52.5 Å². The summed E-state index contributed by atoms with van der Waals surface area (Å²) in [4.78, 5) is 2.58. The summed E-state index contributed by atoms with van der Waals surface area (Å²) in [5, 5.41) is 0. The van der Waals surface area contributed by atoms with Crippen LogP contribution in [0, 0.1) is 5.92 Å². The maximum absolute atomic E-state index is 2.58. The van der Waals surface area contributed by atoms with Crippen molar-refractivity contribution in [3.63, 3.8) is 0 Å². The summed E-state index contributed by atoms with van der Waals surface area (Å²) >= 11 is 0. The smallest absolute Gasteiger partial charge is 0.0357 e. The first kappa shape index (κ1) is 10.8. The Morgan fingerprint density at radius 1 is 1.27 bits per heavy atom. The highest BCUT2D eigenvalue weighted by Crippen LogP contribution is 2.32. The molecule has 1 nitrogen and oxygen atoms in total. The second-order valence-electron chi connectivity index (χ2n) is 5.29. The van der Waals surface area contributed by atoms with E-state index < -0.39 is 0 Å². The van der Waals surface area contributed by atoms with Crippen LogP contribution in [0.1, 0.15) is 46.5 Å². The van der Waals surface area contributed by atoms with Crippen LogP contribution in [0.2, 0.25) is 0 Å². The highest BCUT2D eigenvalue weighted by atomic mass is 15.2. The fourth-order valence-corrected chi connectivity index (χ4v) is 2.62. The van der Waals surface area contributed by atoms with Gasteiger partial charge < -0.3 is 4.90 Å². The topological polar surface area (TPSA) is 3.24 Å². The summed E-state index contributed by atoms with van der Waals surface area (Å²) in [6.45, 7) is 8.20. The number of fused-ring (bicyclic) bond motifs is 1. The Labute approximate surface area is 93.9 Å². The lowest BCUT2D eigenvalue weighted by Crippen LogP contribution is -2.34. The fourth-order valence-electron chi connectivity index (χ4n) is 2.62. The Balaban J connectivity index is 2.25. The molecule has 0 N–H and O–H groups in total. The molecule has 1 atom stereocenters. The van der Waals surface area contributed by atoms with Gasteiger partial charge in [-0.2, -0.15) is 0 Å². The minimum absolute atomic E-state index is 0.647. The van der Waals surface area contributed by atoms with Crippen LogP contribution >= 0.6 is 0 Å². The highest BCUT2D eigenvalue weighted by molar-refractivity contribution is 5.33. The van der Waals surface area contributed by atoms with Crippen LogP contribution in [0.4, 0.5) is 0 Å². The molecule has 2 aliphatic rings. The molecule has 1 aliphatic heterocycles. The Morgan fingerprint density at radius 2 is 2.00 bits per heavy atom. The molecule has 1 heteroatoms. The van der Waals surface area contributed by atoms with E-state index in [0.717, 1.165) is 5.92 Å². The lowest BCUT2D eigenvalue weighted by molar-refractivity contribution is 0.265. The lowest BCUT2D eigenvalue weighted by Gasteiger charge is -2.36. The quantitative estimate of drug-likeness (QED) is 0.630. The fraction of sp³-hybridized carbons (Fsp3) is 0.714. The van der Waals surface area contributed by atoms with Gasteiger partial charge >= 0.3 is 0 Å². The van der Waals surface area contributed by atoms with Crippen molar-refractivity contribution in [2.75, 3.05) is 6.54 Å². The van der Waals surface area contributed by atoms with E-state index in [0.29, 0.717) is 6.04 Å². The van der Waals surface area contributed by atoms with Crippen molar-refractivity contribution in [1.82, 2.24) is 4.90 Å². The number of rotatable bonds is 1. The first-order valence-electron chi connectivity index (χ1n) is 6.34. The summed E-state index contributed by atoms with van der Waals surface area (Å²) < 4.78 is 0.